The number of fused-ring (bicyclic) bond motifs is 1. The van der Waals surface area contributed by atoms with Crippen molar-refractivity contribution in [3.8, 4) is 22.6 Å². The molecule has 0 aliphatic heterocycles. The van der Waals surface area contributed by atoms with Crippen molar-refractivity contribution in [2.45, 2.75) is 12.4 Å². The molecule has 3 aromatic carbocycles. The van der Waals surface area contributed by atoms with Crippen LogP contribution in [0.2, 0.25) is 0 Å². The Kier molecular flexibility index (Phi) is 6.53. The SMILES string of the molecule is COc1ccc2c(-c3ccccc3)c(O/C=C/c3cc(C(F)(F)F)cc(C(F)(F)F)c3)c(=O)oc2c1. The number of hydrogen-bond acceptors (Lipinski definition) is 4. The van der Waals surface area contributed by atoms with Crippen molar-refractivity contribution < 1.29 is 40.2 Å². The lowest BCUT2D eigenvalue weighted by Crippen LogP contribution is -2.11. The maximum absolute atomic E-state index is 13.1. The second-order valence-corrected chi connectivity index (χ2v) is 7.58. The van der Waals surface area contributed by atoms with Crippen molar-refractivity contribution in [1.29, 1.82) is 0 Å². The molecule has 10 heteroatoms. The molecule has 0 N–H and O–H groups in total. The molecule has 0 aliphatic rings. The lowest BCUT2D eigenvalue weighted by Gasteiger charge is -2.13. The maximum Gasteiger partial charge on any atom is 0.416 e. The van der Waals surface area contributed by atoms with Crippen LogP contribution in [0.3, 0.4) is 0 Å². The molecule has 0 bridgehead atoms. The van der Waals surface area contributed by atoms with E-state index in [1.54, 1.807) is 42.5 Å². The number of rotatable bonds is 5. The number of ether oxygens (including phenoxy) is 2. The summed E-state index contributed by atoms with van der Waals surface area (Å²) in [5.74, 6) is 0.140. The highest BCUT2D eigenvalue weighted by Crippen LogP contribution is 2.38. The van der Waals surface area contributed by atoms with E-state index in [9.17, 15) is 31.1 Å². The quantitative estimate of drug-likeness (QED) is 0.159. The van der Waals surface area contributed by atoms with E-state index in [4.69, 9.17) is 13.9 Å². The van der Waals surface area contributed by atoms with E-state index in [0.29, 0.717) is 34.4 Å². The average molecular weight is 506 g/mol. The van der Waals surface area contributed by atoms with Crippen LogP contribution in [0.15, 0.2) is 82.2 Å². The summed E-state index contributed by atoms with van der Waals surface area (Å²) in [7, 11) is 1.44. The summed E-state index contributed by atoms with van der Waals surface area (Å²) in [6.45, 7) is 0. The van der Waals surface area contributed by atoms with Gasteiger partial charge in [0.15, 0.2) is 0 Å². The van der Waals surface area contributed by atoms with Crippen molar-refractivity contribution >= 4 is 17.0 Å². The summed E-state index contributed by atoms with van der Waals surface area (Å²) in [5, 5.41) is 0.475. The maximum atomic E-state index is 13.1. The van der Waals surface area contributed by atoms with Crippen molar-refractivity contribution in [2.75, 3.05) is 7.11 Å². The predicted molar refractivity (Wildman–Crippen MR) is 121 cm³/mol. The molecule has 36 heavy (non-hydrogen) atoms. The first-order valence-electron chi connectivity index (χ1n) is 10.3. The summed E-state index contributed by atoms with van der Waals surface area (Å²) in [5.41, 5.74) is -3.17. The second kappa shape index (κ2) is 9.44. The highest BCUT2D eigenvalue weighted by molar-refractivity contribution is 5.97. The molecule has 4 aromatic rings. The lowest BCUT2D eigenvalue weighted by atomic mass is 10.0. The average Bonchev–Trinajstić information content (AvgIpc) is 2.83. The molecule has 4 nitrogen and oxygen atoms in total. The smallest absolute Gasteiger partial charge is 0.416 e. The summed E-state index contributed by atoms with van der Waals surface area (Å²) >= 11 is 0. The topological polar surface area (TPSA) is 48.7 Å². The van der Waals surface area contributed by atoms with Crippen LogP contribution in [0.1, 0.15) is 16.7 Å². The van der Waals surface area contributed by atoms with E-state index in [-0.39, 0.29) is 17.4 Å². The normalized spacial score (nSPS) is 12.3. The summed E-state index contributed by atoms with van der Waals surface area (Å²) < 4.78 is 94.8. The fraction of sp³-hybridized carbons (Fsp3) is 0.115. The van der Waals surface area contributed by atoms with Crippen LogP contribution in [-0.2, 0) is 12.4 Å². The molecule has 0 atom stereocenters. The zero-order valence-electron chi connectivity index (χ0n) is 18.4. The standard InChI is InChI=1S/C26H16F6O4/c1-34-19-7-8-20-21(14-19)36-24(33)23(22(20)16-5-3-2-4-6-16)35-10-9-15-11-17(25(27,28)29)13-18(12-15)26(30,31)32/h2-14H,1H3/b10-9+. The molecule has 0 radical (unpaired) electrons. The van der Waals surface area contributed by atoms with Crippen LogP contribution in [0.5, 0.6) is 11.5 Å². The third kappa shape index (κ3) is 5.22. The van der Waals surface area contributed by atoms with Gasteiger partial charge >= 0.3 is 18.0 Å². The first-order chi connectivity index (χ1) is 17.0. The molecule has 0 spiro atoms. The van der Waals surface area contributed by atoms with E-state index in [2.05, 4.69) is 0 Å². The first kappa shape index (κ1) is 24.9. The Bertz CT molecular complexity index is 1450. The minimum absolute atomic E-state index is 0.0257. The third-order valence-electron chi connectivity index (χ3n) is 5.19. The largest absolute Gasteiger partial charge is 0.497 e. The van der Waals surface area contributed by atoms with Crippen LogP contribution < -0.4 is 15.1 Å². The zero-order chi connectivity index (χ0) is 26.1. The van der Waals surface area contributed by atoms with E-state index in [1.807, 2.05) is 0 Å². The van der Waals surface area contributed by atoms with Gasteiger partial charge in [0.05, 0.1) is 24.5 Å². The molecule has 0 amide bonds. The highest BCUT2D eigenvalue weighted by Gasteiger charge is 2.36. The molecule has 186 valence electrons. The van der Waals surface area contributed by atoms with Gasteiger partial charge in [0.25, 0.3) is 0 Å². The number of halogens is 6. The number of methoxy groups -OCH3 is 1. The fourth-order valence-electron chi connectivity index (χ4n) is 3.55. The van der Waals surface area contributed by atoms with Crippen LogP contribution in [0.25, 0.3) is 28.2 Å². The molecule has 0 aliphatic carbocycles. The Hall–Kier alpha value is -4.21. The van der Waals surface area contributed by atoms with E-state index in [1.165, 1.54) is 13.2 Å². The molecule has 0 saturated heterocycles. The van der Waals surface area contributed by atoms with Crippen LogP contribution in [0.4, 0.5) is 26.3 Å². The minimum atomic E-state index is -4.99. The molecule has 1 aromatic heterocycles. The van der Waals surface area contributed by atoms with Gasteiger partial charge in [0, 0.05) is 17.0 Å². The molecule has 1 heterocycles. The Labute approximate surface area is 200 Å². The molecule has 0 fully saturated rings. The van der Waals surface area contributed by atoms with Gasteiger partial charge < -0.3 is 13.9 Å². The van der Waals surface area contributed by atoms with Crippen molar-refractivity contribution in [3.05, 3.63) is 100 Å². The van der Waals surface area contributed by atoms with Gasteiger partial charge in [-0.3, -0.25) is 0 Å². The van der Waals surface area contributed by atoms with Crippen molar-refractivity contribution in [2.24, 2.45) is 0 Å². The van der Waals surface area contributed by atoms with E-state index in [0.717, 1.165) is 12.3 Å². The predicted octanol–water partition coefficient (Wildman–Crippen LogP) is 7.56. The Morgan fingerprint density at radius 2 is 1.47 bits per heavy atom. The van der Waals surface area contributed by atoms with Crippen molar-refractivity contribution in [3.63, 3.8) is 0 Å². The highest BCUT2D eigenvalue weighted by atomic mass is 19.4. The summed E-state index contributed by atoms with van der Waals surface area (Å²) in [6.07, 6.45) is -8.25. The van der Waals surface area contributed by atoms with Crippen LogP contribution in [0, 0.1) is 0 Å². The molecule has 0 unspecified atom stereocenters. The molecule has 0 saturated carbocycles. The molecule has 4 rings (SSSR count). The van der Waals surface area contributed by atoms with Crippen molar-refractivity contribution in [1.82, 2.24) is 0 Å². The van der Waals surface area contributed by atoms with Gasteiger partial charge in [-0.25, -0.2) is 4.79 Å². The fourth-order valence-corrected chi connectivity index (χ4v) is 3.55. The Balaban J connectivity index is 1.81. The van der Waals surface area contributed by atoms with Crippen LogP contribution in [-0.4, -0.2) is 7.11 Å². The lowest BCUT2D eigenvalue weighted by molar-refractivity contribution is -0.143. The second-order valence-electron chi connectivity index (χ2n) is 7.58. The molecular weight excluding hydrogens is 490 g/mol. The Morgan fingerprint density at radius 3 is 2.06 bits per heavy atom. The monoisotopic (exact) mass is 506 g/mol. The van der Waals surface area contributed by atoms with Gasteiger partial charge in [0.2, 0.25) is 5.75 Å². The van der Waals surface area contributed by atoms with Gasteiger partial charge in [0.1, 0.15) is 11.3 Å². The number of benzene rings is 3. The van der Waals surface area contributed by atoms with E-state index < -0.39 is 34.7 Å². The number of hydrogen-bond donors (Lipinski definition) is 0. The van der Waals surface area contributed by atoms with Gasteiger partial charge in [-0.2, -0.15) is 26.3 Å². The Morgan fingerprint density at radius 1 is 0.833 bits per heavy atom. The summed E-state index contributed by atoms with van der Waals surface area (Å²) in [6, 6.07) is 14.5. The number of alkyl halides is 6. The van der Waals surface area contributed by atoms with Gasteiger partial charge in [-0.15, -0.1) is 0 Å². The molecular formula is C26H16F6O4. The van der Waals surface area contributed by atoms with E-state index >= 15 is 0 Å². The van der Waals surface area contributed by atoms with Crippen LogP contribution >= 0.6 is 0 Å². The zero-order valence-corrected chi connectivity index (χ0v) is 18.4. The minimum Gasteiger partial charge on any atom is -0.497 e. The third-order valence-corrected chi connectivity index (χ3v) is 5.19. The van der Waals surface area contributed by atoms with Gasteiger partial charge in [-0.05, 0) is 47.5 Å². The summed E-state index contributed by atoms with van der Waals surface area (Å²) in [4.78, 5) is 12.8. The first-order valence-corrected chi connectivity index (χ1v) is 10.3. The van der Waals surface area contributed by atoms with Gasteiger partial charge in [-0.1, -0.05) is 30.3 Å².